The molecule has 1 fully saturated rings. The molecule has 1 aliphatic rings. The van der Waals surface area contributed by atoms with Crippen LogP contribution in [0, 0.1) is 0 Å². The second-order valence-corrected chi connectivity index (χ2v) is 7.56. The van der Waals surface area contributed by atoms with Gasteiger partial charge in [-0.25, -0.2) is 23.2 Å². The van der Waals surface area contributed by atoms with E-state index in [0.717, 1.165) is 17.7 Å². The molecule has 3 aromatic rings. The van der Waals surface area contributed by atoms with Gasteiger partial charge in [0.1, 0.15) is 12.7 Å². The Morgan fingerprint density at radius 1 is 1.04 bits per heavy atom. The molecule has 1 heterocycles. The fourth-order valence-corrected chi connectivity index (χ4v) is 3.59. The molecule has 7 heteroatoms. The summed E-state index contributed by atoms with van der Waals surface area (Å²) in [5, 5.41) is 9.29. The van der Waals surface area contributed by atoms with Crippen LogP contribution in [-0.2, 0) is 10.0 Å². The summed E-state index contributed by atoms with van der Waals surface area (Å²) in [6, 6.07) is 15.1. The van der Waals surface area contributed by atoms with E-state index in [4.69, 9.17) is 5.14 Å². The molecular weight excluding hydrogens is 324 g/mol. The quantitative estimate of drug-likeness (QED) is 0.788. The van der Waals surface area contributed by atoms with Crippen molar-refractivity contribution < 1.29 is 8.42 Å². The summed E-state index contributed by atoms with van der Waals surface area (Å²) in [6.45, 7) is 0. The fraction of sp³-hybridized carbons (Fsp3) is 0.176. The van der Waals surface area contributed by atoms with Gasteiger partial charge in [0.15, 0.2) is 0 Å². The topological polar surface area (TPSA) is 90.9 Å². The number of nitrogens with two attached hydrogens (primary N) is 1. The van der Waals surface area contributed by atoms with Gasteiger partial charge in [0.2, 0.25) is 10.0 Å². The lowest BCUT2D eigenvalue weighted by molar-refractivity contribution is 0.598. The third-order valence-corrected chi connectivity index (χ3v) is 5.34. The maximum atomic E-state index is 11.3. The van der Waals surface area contributed by atoms with Crippen LogP contribution in [0.5, 0.6) is 0 Å². The minimum absolute atomic E-state index is 0.150. The summed E-state index contributed by atoms with van der Waals surface area (Å²) in [6.07, 6.45) is 4.24. The molecule has 1 saturated carbocycles. The number of nitrogens with zero attached hydrogens (tertiary/aromatic N) is 3. The molecule has 0 spiro atoms. The van der Waals surface area contributed by atoms with Crippen molar-refractivity contribution in [3.05, 3.63) is 72.3 Å². The predicted molar refractivity (Wildman–Crippen MR) is 89.3 cm³/mol. The van der Waals surface area contributed by atoms with E-state index in [-0.39, 0.29) is 4.90 Å². The van der Waals surface area contributed by atoms with Gasteiger partial charge in [0.25, 0.3) is 0 Å². The zero-order valence-corrected chi connectivity index (χ0v) is 13.6. The lowest BCUT2D eigenvalue weighted by Gasteiger charge is -2.06. The van der Waals surface area contributed by atoms with Crippen LogP contribution in [0.2, 0.25) is 0 Å². The van der Waals surface area contributed by atoms with Crippen molar-refractivity contribution in [1.82, 2.24) is 14.8 Å². The molecule has 0 bridgehead atoms. The van der Waals surface area contributed by atoms with E-state index >= 15 is 0 Å². The summed E-state index contributed by atoms with van der Waals surface area (Å²) in [4.78, 5) is 4.12. The number of hydrogen-bond donors (Lipinski definition) is 1. The van der Waals surface area contributed by atoms with Crippen LogP contribution in [0.1, 0.15) is 29.4 Å². The van der Waals surface area contributed by atoms with Gasteiger partial charge in [-0.1, -0.05) is 24.3 Å². The normalized spacial score (nSPS) is 20.0. The third kappa shape index (κ3) is 2.83. The average Bonchev–Trinajstić information content (AvgIpc) is 3.19. The highest BCUT2D eigenvalue weighted by molar-refractivity contribution is 7.89. The Bertz CT molecular complexity index is 966. The average molecular weight is 340 g/mol. The van der Waals surface area contributed by atoms with E-state index in [1.165, 1.54) is 11.9 Å². The maximum absolute atomic E-state index is 11.3. The maximum Gasteiger partial charge on any atom is 0.238 e. The standard InChI is InChI=1S/C17H16N4O2S/c18-24(22,23)15-6-4-12(5-7-15)16-9-17(16)13-2-1-3-14(8-13)21-11-19-10-20-21/h1-8,10-11,16-17H,9H2,(H2,18,22,23). The number of benzene rings is 2. The number of sulfonamides is 1. The Hall–Kier alpha value is -2.51. The minimum atomic E-state index is -3.64. The van der Waals surface area contributed by atoms with Crippen LogP contribution in [-0.4, -0.2) is 23.2 Å². The molecule has 6 nitrogen and oxygen atoms in total. The smallest absolute Gasteiger partial charge is 0.225 e. The zero-order chi connectivity index (χ0) is 16.7. The highest BCUT2D eigenvalue weighted by atomic mass is 32.2. The molecule has 2 N–H and O–H groups in total. The van der Waals surface area contributed by atoms with Crippen molar-refractivity contribution in [3.63, 3.8) is 0 Å². The monoisotopic (exact) mass is 340 g/mol. The summed E-state index contributed by atoms with van der Waals surface area (Å²) >= 11 is 0. The van der Waals surface area contributed by atoms with Crippen molar-refractivity contribution in [3.8, 4) is 5.69 Å². The second kappa shape index (κ2) is 5.54. The molecule has 2 aromatic carbocycles. The Morgan fingerprint density at radius 2 is 1.79 bits per heavy atom. The highest BCUT2D eigenvalue weighted by Crippen LogP contribution is 2.54. The summed E-state index contributed by atoms with van der Waals surface area (Å²) in [7, 11) is -3.64. The molecule has 0 saturated heterocycles. The molecule has 122 valence electrons. The van der Waals surface area contributed by atoms with E-state index in [2.05, 4.69) is 22.2 Å². The predicted octanol–water partition coefficient (Wildman–Crippen LogP) is 2.19. The molecule has 0 amide bonds. The Morgan fingerprint density at radius 3 is 2.46 bits per heavy atom. The lowest BCUT2D eigenvalue weighted by Crippen LogP contribution is -2.11. The van der Waals surface area contributed by atoms with Gasteiger partial charge in [0, 0.05) is 0 Å². The summed E-state index contributed by atoms with van der Waals surface area (Å²) in [5.74, 6) is 0.847. The van der Waals surface area contributed by atoms with Gasteiger partial charge >= 0.3 is 0 Å². The fourth-order valence-electron chi connectivity index (χ4n) is 3.08. The number of rotatable bonds is 4. The van der Waals surface area contributed by atoms with Crippen molar-refractivity contribution in [2.24, 2.45) is 5.14 Å². The molecule has 2 atom stereocenters. The summed E-state index contributed by atoms with van der Waals surface area (Å²) in [5.41, 5.74) is 3.38. The lowest BCUT2D eigenvalue weighted by atomic mass is 10.0. The van der Waals surface area contributed by atoms with Crippen LogP contribution < -0.4 is 5.14 Å². The zero-order valence-electron chi connectivity index (χ0n) is 12.8. The van der Waals surface area contributed by atoms with Gasteiger partial charge in [-0.3, -0.25) is 0 Å². The first-order valence-electron chi connectivity index (χ1n) is 7.60. The number of hydrogen-bond acceptors (Lipinski definition) is 4. The first-order chi connectivity index (χ1) is 11.5. The molecule has 1 aliphatic carbocycles. The highest BCUT2D eigenvalue weighted by Gasteiger charge is 2.39. The molecule has 0 radical (unpaired) electrons. The van der Waals surface area contributed by atoms with Crippen LogP contribution in [0.3, 0.4) is 0 Å². The number of aromatic nitrogens is 3. The van der Waals surface area contributed by atoms with Crippen LogP contribution >= 0.6 is 0 Å². The van der Waals surface area contributed by atoms with E-state index in [0.29, 0.717) is 11.8 Å². The third-order valence-electron chi connectivity index (χ3n) is 4.41. The minimum Gasteiger partial charge on any atom is -0.225 e. The van der Waals surface area contributed by atoms with Crippen LogP contribution in [0.15, 0.2) is 66.1 Å². The van der Waals surface area contributed by atoms with E-state index < -0.39 is 10.0 Å². The Kier molecular flexibility index (Phi) is 3.47. The van der Waals surface area contributed by atoms with Gasteiger partial charge in [-0.2, -0.15) is 5.10 Å². The Balaban J connectivity index is 1.55. The second-order valence-electron chi connectivity index (χ2n) is 6.00. The molecule has 4 rings (SSSR count). The first-order valence-corrected chi connectivity index (χ1v) is 9.15. The number of primary sulfonamides is 1. The largest absolute Gasteiger partial charge is 0.238 e. The van der Waals surface area contributed by atoms with E-state index in [9.17, 15) is 8.42 Å². The van der Waals surface area contributed by atoms with Crippen LogP contribution in [0.25, 0.3) is 5.69 Å². The first kappa shape index (κ1) is 15.0. The molecule has 1 aromatic heterocycles. The molecule has 2 unspecified atom stereocenters. The van der Waals surface area contributed by atoms with Crippen molar-refractivity contribution >= 4 is 10.0 Å². The van der Waals surface area contributed by atoms with Gasteiger partial charge in [-0.15, -0.1) is 0 Å². The van der Waals surface area contributed by atoms with Crippen LogP contribution in [0.4, 0.5) is 0 Å². The Labute approximate surface area is 140 Å². The van der Waals surface area contributed by atoms with Crippen molar-refractivity contribution in [2.75, 3.05) is 0 Å². The van der Waals surface area contributed by atoms with E-state index in [1.54, 1.807) is 23.1 Å². The van der Waals surface area contributed by atoms with Crippen molar-refractivity contribution in [2.45, 2.75) is 23.2 Å². The molecular formula is C17H16N4O2S. The van der Waals surface area contributed by atoms with E-state index in [1.807, 2.05) is 24.3 Å². The van der Waals surface area contributed by atoms with Gasteiger partial charge in [0.05, 0.1) is 10.6 Å². The van der Waals surface area contributed by atoms with Gasteiger partial charge < -0.3 is 0 Å². The van der Waals surface area contributed by atoms with Crippen molar-refractivity contribution in [1.29, 1.82) is 0 Å². The SMILES string of the molecule is NS(=O)(=O)c1ccc(C2CC2c2cccc(-n3cncn3)c2)cc1. The van der Waals surface area contributed by atoms with Gasteiger partial charge in [-0.05, 0) is 53.6 Å². The molecule has 24 heavy (non-hydrogen) atoms. The molecule has 0 aliphatic heterocycles. The summed E-state index contributed by atoms with van der Waals surface area (Å²) < 4.78 is 24.4.